The van der Waals surface area contributed by atoms with Crippen LogP contribution in [0.15, 0.2) is 30.5 Å². The third-order valence-electron chi connectivity index (χ3n) is 2.59. The quantitative estimate of drug-likeness (QED) is 0.944. The Labute approximate surface area is 112 Å². The number of benzene rings is 1. The molecule has 0 atom stereocenters. The molecule has 0 unspecified atom stereocenters. The van der Waals surface area contributed by atoms with Crippen molar-refractivity contribution in [2.75, 3.05) is 6.54 Å². The molecule has 102 valence electrons. The van der Waals surface area contributed by atoms with E-state index in [1.165, 1.54) is 10.9 Å². The van der Waals surface area contributed by atoms with Gasteiger partial charge in [-0.2, -0.15) is 18.3 Å². The Hall–Kier alpha value is -1.53. The van der Waals surface area contributed by atoms with Crippen molar-refractivity contribution in [3.8, 4) is 5.69 Å². The standard InChI is InChI=1S/C12H11ClF3N3/c13-9-2-1-8(3-5-17)10(7-9)19-6-4-11(18-19)12(14,15)16/h1-2,4,6-7H,3,5,17H2. The molecule has 0 saturated carbocycles. The van der Waals surface area contributed by atoms with Crippen molar-refractivity contribution in [2.24, 2.45) is 5.73 Å². The largest absolute Gasteiger partial charge is 0.435 e. The highest BCUT2D eigenvalue weighted by Crippen LogP contribution is 2.28. The van der Waals surface area contributed by atoms with Gasteiger partial charge in [0.25, 0.3) is 0 Å². The predicted molar refractivity (Wildman–Crippen MR) is 66.3 cm³/mol. The number of nitrogens with zero attached hydrogens (tertiary/aromatic N) is 2. The maximum Gasteiger partial charge on any atom is 0.435 e. The van der Waals surface area contributed by atoms with Crippen LogP contribution in [0.1, 0.15) is 11.3 Å². The zero-order chi connectivity index (χ0) is 14.0. The van der Waals surface area contributed by atoms with Crippen molar-refractivity contribution in [2.45, 2.75) is 12.6 Å². The minimum atomic E-state index is -4.46. The van der Waals surface area contributed by atoms with Crippen LogP contribution in [0.3, 0.4) is 0 Å². The molecule has 0 aliphatic rings. The number of halogens is 4. The molecule has 3 nitrogen and oxygen atoms in total. The second kappa shape index (κ2) is 5.22. The summed E-state index contributed by atoms with van der Waals surface area (Å²) in [7, 11) is 0. The lowest BCUT2D eigenvalue weighted by atomic mass is 10.1. The summed E-state index contributed by atoms with van der Waals surface area (Å²) in [4.78, 5) is 0. The van der Waals surface area contributed by atoms with E-state index < -0.39 is 11.9 Å². The molecule has 0 saturated heterocycles. The average Bonchev–Trinajstić information content (AvgIpc) is 2.80. The number of hydrogen-bond donors (Lipinski definition) is 1. The Bertz CT molecular complexity index is 578. The van der Waals surface area contributed by atoms with Crippen LogP contribution in [0.2, 0.25) is 5.02 Å². The summed E-state index contributed by atoms with van der Waals surface area (Å²) in [6.45, 7) is 0.391. The number of alkyl halides is 3. The minimum Gasteiger partial charge on any atom is -0.330 e. The van der Waals surface area contributed by atoms with Crippen LogP contribution in [0, 0.1) is 0 Å². The van der Waals surface area contributed by atoms with Crippen LogP contribution in [0.25, 0.3) is 5.69 Å². The number of hydrogen-bond acceptors (Lipinski definition) is 2. The van der Waals surface area contributed by atoms with Gasteiger partial charge in [0, 0.05) is 11.2 Å². The van der Waals surface area contributed by atoms with Gasteiger partial charge in [-0.05, 0) is 36.7 Å². The smallest absolute Gasteiger partial charge is 0.330 e. The molecule has 0 aliphatic carbocycles. The lowest BCUT2D eigenvalue weighted by molar-refractivity contribution is -0.141. The zero-order valence-corrected chi connectivity index (χ0v) is 10.5. The van der Waals surface area contributed by atoms with Gasteiger partial charge in [0.1, 0.15) is 0 Å². The first-order valence-electron chi connectivity index (χ1n) is 5.53. The van der Waals surface area contributed by atoms with Gasteiger partial charge in [-0.25, -0.2) is 4.68 Å². The summed E-state index contributed by atoms with van der Waals surface area (Å²) in [5, 5.41) is 3.96. The van der Waals surface area contributed by atoms with Crippen LogP contribution < -0.4 is 5.73 Å². The van der Waals surface area contributed by atoms with Crippen LogP contribution in [-0.4, -0.2) is 16.3 Å². The normalized spacial score (nSPS) is 11.8. The Kier molecular flexibility index (Phi) is 3.82. The highest BCUT2D eigenvalue weighted by Gasteiger charge is 2.33. The zero-order valence-electron chi connectivity index (χ0n) is 9.78. The molecule has 0 aliphatic heterocycles. The topological polar surface area (TPSA) is 43.8 Å². The van der Waals surface area contributed by atoms with E-state index in [4.69, 9.17) is 17.3 Å². The molecule has 2 rings (SSSR count). The van der Waals surface area contributed by atoms with Crippen molar-refractivity contribution in [1.29, 1.82) is 0 Å². The van der Waals surface area contributed by atoms with Gasteiger partial charge in [0.15, 0.2) is 5.69 Å². The molecule has 19 heavy (non-hydrogen) atoms. The second-order valence-electron chi connectivity index (χ2n) is 3.96. The Balaban J connectivity index is 2.46. The fourth-order valence-corrected chi connectivity index (χ4v) is 1.89. The first-order chi connectivity index (χ1) is 8.91. The molecule has 0 bridgehead atoms. The Morgan fingerprint density at radius 2 is 2.00 bits per heavy atom. The van der Waals surface area contributed by atoms with Crippen molar-refractivity contribution >= 4 is 11.6 Å². The van der Waals surface area contributed by atoms with Gasteiger partial charge >= 0.3 is 6.18 Å². The van der Waals surface area contributed by atoms with Crippen molar-refractivity contribution in [3.05, 3.63) is 46.7 Å². The lowest BCUT2D eigenvalue weighted by Crippen LogP contribution is -2.10. The maximum absolute atomic E-state index is 12.5. The van der Waals surface area contributed by atoms with E-state index in [1.54, 1.807) is 18.2 Å². The predicted octanol–water partition coefficient (Wildman–Crippen LogP) is 3.05. The fourth-order valence-electron chi connectivity index (χ4n) is 1.73. The molecular formula is C12H11ClF3N3. The number of rotatable bonds is 3. The van der Waals surface area contributed by atoms with Gasteiger partial charge in [-0.15, -0.1) is 0 Å². The molecular weight excluding hydrogens is 279 g/mol. The monoisotopic (exact) mass is 289 g/mol. The molecule has 7 heteroatoms. The molecule has 1 aromatic carbocycles. The second-order valence-corrected chi connectivity index (χ2v) is 4.39. The summed E-state index contributed by atoms with van der Waals surface area (Å²) < 4.78 is 38.7. The van der Waals surface area contributed by atoms with E-state index >= 15 is 0 Å². The summed E-state index contributed by atoms with van der Waals surface area (Å²) in [6, 6.07) is 5.90. The highest BCUT2D eigenvalue weighted by molar-refractivity contribution is 6.30. The molecule has 0 fully saturated rings. The van der Waals surface area contributed by atoms with E-state index in [2.05, 4.69) is 5.10 Å². The van der Waals surface area contributed by atoms with Crippen LogP contribution in [0.5, 0.6) is 0 Å². The van der Waals surface area contributed by atoms with Crippen molar-refractivity contribution < 1.29 is 13.2 Å². The Morgan fingerprint density at radius 1 is 1.26 bits per heavy atom. The summed E-state index contributed by atoms with van der Waals surface area (Å²) in [6.07, 6.45) is -2.67. The van der Waals surface area contributed by atoms with E-state index in [-0.39, 0.29) is 0 Å². The van der Waals surface area contributed by atoms with Gasteiger partial charge < -0.3 is 5.73 Å². The third kappa shape index (κ3) is 3.08. The van der Waals surface area contributed by atoms with E-state index in [0.29, 0.717) is 23.7 Å². The van der Waals surface area contributed by atoms with Crippen LogP contribution >= 0.6 is 11.6 Å². The number of nitrogens with two attached hydrogens (primary N) is 1. The van der Waals surface area contributed by atoms with Gasteiger partial charge in [0.2, 0.25) is 0 Å². The van der Waals surface area contributed by atoms with Crippen molar-refractivity contribution in [1.82, 2.24) is 9.78 Å². The first-order valence-corrected chi connectivity index (χ1v) is 5.91. The SMILES string of the molecule is NCCc1ccc(Cl)cc1-n1ccc(C(F)(F)F)n1. The molecule has 0 spiro atoms. The summed E-state index contributed by atoms with van der Waals surface area (Å²) in [5.41, 5.74) is 5.84. The highest BCUT2D eigenvalue weighted by atomic mass is 35.5. The molecule has 1 heterocycles. The lowest BCUT2D eigenvalue weighted by Gasteiger charge is -2.09. The van der Waals surface area contributed by atoms with Crippen LogP contribution in [0.4, 0.5) is 13.2 Å². The van der Waals surface area contributed by atoms with Gasteiger partial charge in [-0.3, -0.25) is 0 Å². The Morgan fingerprint density at radius 3 is 2.58 bits per heavy atom. The average molecular weight is 290 g/mol. The van der Waals surface area contributed by atoms with Crippen LogP contribution in [-0.2, 0) is 12.6 Å². The van der Waals surface area contributed by atoms with Gasteiger partial charge in [0.05, 0.1) is 5.69 Å². The summed E-state index contributed by atoms with van der Waals surface area (Å²) in [5.74, 6) is 0. The molecule has 1 aromatic heterocycles. The fraction of sp³-hybridized carbons (Fsp3) is 0.250. The third-order valence-corrected chi connectivity index (χ3v) is 2.82. The molecule has 2 N–H and O–H groups in total. The van der Waals surface area contributed by atoms with E-state index in [1.807, 2.05) is 0 Å². The molecule has 0 radical (unpaired) electrons. The van der Waals surface area contributed by atoms with E-state index in [0.717, 1.165) is 11.6 Å². The summed E-state index contributed by atoms with van der Waals surface area (Å²) >= 11 is 5.87. The molecule has 2 aromatic rings. The molecule has 0 amide bonds. The number of aromatic nitrogens is 2. The van der Waals surface area contributed by atoms with Crippen molar-refractivity contribution in [3.63, 3.8) is 0 Å². The van der Waals surface area contributed by atoms with E-state index in [9.17, 15) is 13.2 Å². The first kappa shape index (κ1) is 13.9. The van der Waals surface area contributed by atoms with Gasteiger partial charge in [-0.1, -0.05) is 17.7 Å². The minimum absolute atomic E-state index is 0.391. The maximum atomic E-state index is 12.5.